The van der Waals surface area contributed by atoms with Gasteiger partial charge >= 0.3 is 0 Å². The lowest BCUT2D eigenvalue weighted by Gasteiger charge is -2.13. The zero-order valence-corrected chi connectivity index (χ0v) is 15.4. The Hall–Kier alpha value is -3.55. The zero-order chi connectivity index (χ0) is 19.4. The van der Waals surface area contributed by atoms with E-state index in [4.69, 9.17) is 18.9 Å². The van der Waals surface area contributed by atoms with Crippen LogP contribution >= 0.6 is 0 Å². The summed E-state index contributed by atoms with van der Waals surface area (Å²) in [6.07, 6.45) is 1.56. The third-order valence-electron chi connectivity index (χ3n) is 3.99. The molecule has 0 saturated heterocycles. The third kappa shape index (κ3) is 3.55. The first-order chi connectivity index (χ1) is 13.1. The second kappa shape index (κ2) is 7.77. The van der Waals surface area contributed by atoms with Crippen LogP contribution in [-0.4, -0.2) is 49.2 Å². The highest BCUT2D eigenvalue weighted by atomic mass is 16.5. The summed E-state index contributed by atoms with van der Waals surface area (Å²) in [5.74, 6) is 1.62. The van der Waals surface area contributed by atoms with Crippen molar-refractivity contribution in [3.63, 3.8) is 0 Å². The molecule has 0 radical (unpaired) electrons. The van der Waals surface area contributed by atoms with Crippen molar-refractivity contribution in [2.75, 3.05) is 28.4 Å². The SMILES string of the molecule is COc1ccc(-n2cc(C(=O)c3cc(OC)c(OC)c(OC)c3)nn2)cc1. The predicted octanol–water partition coefficient (Wildman–Crippen LogP) is 2.53. The highest BCUT2D eigenvalue weighted by Crippen LogP contribution is 2.38. The van der Waals surface area contributed by atoms with Crippen molar-refractivity contribution in [1.29, 1.82) is 0 Å². The molecule has 0 spiro atoms. The Labute approximate surface area is 156 Å². The first-order valence-corrected chi connectivity index (χ1v) is 8.02. The molecule has 0 aliphatic rings. The fourth-order valence-electron chi connectivity index (χ4n) is 2.59. The van der Waals surface area contributed by atoms with Gasteiger partial charge in [-0.1, -0.05) is 5.21 Å². The number of carbonyl (C=O) groups is 1. The predicted molar refractivity (Wildman–Crippen MR) is 97.4 cm³/mol. The van der Waals surface area contributed by atoms with Gasteiger partial charge in [0, 0.05) is 5.56 Å². The van der Waals surface area contributed by atoms with Crippen LogP contribution in [0.1, 0.15) is 16.1 Å². The molecule has 1 aromatic heterocycles. The third-order valence-corrected chi connectivity index (χ3v) is 3.99. The van der Waals surface area contributed by atoms with Gasteiger partial charge in [-0.05, 0) is 36.4 Å². The molecule has 0 aliphatic heterocycles. The van der Waals surface area contributed by atoms with E-state index in [0.717, 1.165) is 11.4 Å². The van der Waals surface area contributed by atoms with E-state index in [1.54, 1.807) is 37.6 Å². The fraction of sp³-hybridized carbons (Fsp3) is 0.211. The molecule has 0 unspecified atom stereocenters. The fourth-order valence-corrected chi connectivity index (χ4v) is 2.59. The van der Waals surface area contributed by atoms with Crippen LogP contribution < -0.4 is 18.9 Å². The van der Waals surface area contributed by atoms with Gasteiger partial charge in [-0.3, -0.25) is 4.79 Å². The van der Waals surface area contributed by atoms with E-state index >= 15 is 0 Å². The van der Waals surface area contributed by atoms with Crippen molar-refractivity contribution in [2.45, 2.75) is 0 Å². The number of hydrogen-bond donors (Lipinski definition) is 0. The molecule has 0 fully saturated rings. The number of carbonyl (C=O) groups excluding carboxylic acids is 1. The quantitative estimate of drug-likeness (QED) is 0.592. The maximum atomic E-state index is 12.8. The summed E-state index contributed by atoms with van der Waals surface area (Å²) in [7, 11) is 6.08. The van der Waals surface area contributed by atoms with Gasteiger partial charge in [0.05, 0.1) is 40.3 Å². The van der Waals surface area contributed by atoms with Gasteiger partial charge in [0.25, 0.3) is 0 Å². The largest absolute Gasteiger partial charge is 0.497 e. The van der Waals surface area contributed by atoms with Crippen LogP contribution in [0.25, 0.3) is 5.69 Å². The van der Waals surface area contributed by atoms with Crippen LogP contribution in [0.15, 0.2) is 42.6 Å². The summed E-state index contributed by atoms with van der Waals surface area (Å²) in [4.78, 5) is 12.8. The number of ether oxygens (including phenoxy) is 4. The maximum Gasteiger partial charge on any atom is 0.215 e. The number of benzene rings is 2. The molecule has 1 heterocycles. The number of rotatable bonds is 7. The van der Waals surface area contributed by atoms with Gasteiger partial charge < -0.3 is 18.9 Å². The van der Waals surface area contributed by atoms with E-state index in [2.05, 4.69) is 10.3 Å². The van der Waals surface area contributed by atoms with Crippen molar-refractivity contribution in [3.8, 4) is 28.7 Å². The topological polar surface area (TPSA) is 84.7 Å². The maximum absolute atomic E-state index is 12.8. The Morgan fingerprint density at radius 3 is 2.04 bits per heavy atom. The van der Waals surface area contributed by atoms with E-state index in [1.165, 1.54) is 26.0 Å². The van der Waals surface area contributed by atoms with Gasteiger partial charge in [0.2, 0.25) is 11.5 Å². The van der Waals surface area contributed by atoms with E-state index in [0.29, 0.717) is 22.8 Å². The number of hydrogen-bond acceptors (Lipinski definition) is 7. The molecule has 140 valence electrons. The molecule has 27 heavy (non-hydrogen) atoms. The Bertz CT molecular complexity index is 925. The lowest BCUT2D eigenvalue weighted by Crippen LogP contribution is -2.04. The number of ketones is 1. The molecular weight excluding hydrogens is 350 g/mol. The number of methoxy groups -OCH3 is 4. The van der Waals surface area contributed by atoms with Crippen molar-refractivity contribution in [1.82, 2.24) is 15.0 Å². The average Bonchev–Trinajstić information content (AvgIpc) is 3.22. The molecule has 0 N–H and O–H groups in total. The molecule has 0 saturated carbocycles. The molecule has 8 heteroatoms. The lowest BCUT2D eigenvalue weighted by atomic mass is 10.1. The molecule has 0 atom stereocenters. The van der Waals surface area contributed by atoms with Gasteiger partial charge in [0.15, 0.2) is 17.2 Å². The lowest BCUT2D eigenvalue weighted by molar-refractivity contribution is 0.103. The van der Waals surface area contributed by atoms with Crippen LogP contribution in [-0.2, 0) is 0 Å². The van der Waals surface area contributed by atoms with Crippen LogP contribution in [0.2, 0.25) is 0 Å². The first kappa shape index (κ1) is 18.2. The first-order valence-electron chi connectivity index (χ1n) is 8.02. The van der Waals surface area contributed by atoms with Crippen LogP contribution in [0.4, 0.5) is 0 Å². The van der Waals surface area contributed by atoms with Crippen LogP contribution in [0.3, 0.4) is 0 Å². The van der Waals surface area contributed by atoms with Crippen molar-refractivity contribution >= 4 is 5.78 Å². The highest BCUT2D eigenvalue weighted by molar-refractivity contribution is 6.08. The minimum atomic E-state index is -0.311. The molecule has 8 nitrogen and oxygen atoms in total. The smallest absolute Gasteiger partial charge is 0.215 e. The minimum absolute atomic E-state index is 0.195. The molecule has 0 amide bonds. The van der Waals surface area contributed by atoms with Crippen molar-refractivity contribution in [2.24, 2.45) is 0 Å². The van der Waals surface area contributed by atoms with Gasteiger partial charge in [-0.2, -0.15) is 0 Å². The van der Waals surface area contributed by atoms with Gasteiger partial charge in [-0.15, -0.1) is 5.10 Å². The Kier molecular flexibility index (Phi) is 5.25. The summed E-state index contributed by atoms with van der Waals surface area (Å²) in [5.41, 5.74) is 1.30. The molecule has 0 bridgehead atoms. The highest BCUT2D eigenvalue weighted by Gasteiger charge is 2.20. The monoisotopic (exact) mass is 369 g/mol. The van der Waals surface area contributed by atoms with E-state index in [-0.39, 0.29) is 11.5 Å². The summed E-state index contributed by atoms with van der Waals surface area (Å²) < 4.78 is 22.5. The van der Waals surface area contributed by atoms with Crippen molar-refractivity contribution < 1.29 is 23.7 Å². The molecule has 3 aromatic rings. The summed E-state index contributed by atoms with van der Waals surface area (Å²) in [6.45, 7) is 0. The Morgan fingerprint density at radius 2 is 1.52 bits per heavy atom. The molecule has 0 aliphatic carbocycles. The summed E-state index contributed by atoms with van der Waals surface area (Å²) in [5, 5.41) is 8.01. The minimum Gasteiger partial charge on any atom is -0.497 e. The Balaban J connectivity index is 1.93. The number of aromatic nitrogens is 3. The van der Waals surface area contributed by atoms with E-state index in [1.807, 2.05) is 12.1 Å². The summed E-state index contributed by atoms with van der Waals surface area (Å²) >= 11 is 0. The molecule has 2 aromatic carbocycles. The van der Waals surface area contributed by atoms with Crippen LogP contribution in [0.5, 0.6) is 23.0 Å². The van der Waals surface area contributed by atoms with Crippen LogP contribution in [0, 0.1) is 0 Å². The Morgan fingerprint density at radius 1 is 0.889 bits per heavy atom. The zero-order valence-electron chi connectivity index (χ0n) is 15.4. The standard InChI is InChI=1S/C19H19N3O5/c1-24-14-7-5-13(6-8-14)22-11-15(20-21-22)18(23)12-9-16(25-2)19(27-4)17(10-12)26-3/h5-11H,1-4H3. The van der Waals surface area contributed by atoms with E-state index < -0.39 is 0 Å². The van der Waals surface area contributed by atoms with E-state index in [9.17, 15) is 4.79 Å². The second-order valence-electron chi connectivity index (χ2n) is 5.49. The van der Waals surface area contributed by atoms with Gasteiger partial charge in [0.1, 0.15) is 5.75 Å². The second-order valence-corrected chi connectivity index (χ2v) is 5.49. The number of nitrogens with zero attached hydrogens (tertiary/aromatic N) is 3. The normalized spacial score (nSPS) is 10.4. The molecule has 3 rings (SSSR count). The van der Waals surface area contributed by atoms with Crippen molar-refractivity contribution in [3.05, 3.63) is 53.9 Å². The average molecular weight is 369 g/mol. The van der Waals surface area contributed by atoms with Gasteiger partial charge in [-0.25, -0.2) is 4.68 Å². The molecular formula is C19H19N3O5. The summed E-state index contributed by atoms with van der Waals surface area (Å²) in [6, 6.07) is 10.4.